The Balaban J connectivity index is 1.43. The Morgan fingerprint density at radius 2 is 2.23 bits per heavy atom. The number of aryl methyl sites for hydroxylation is 1. The highest BCUT2D eigenvalue weighted by atomic mass is 32.2. The van der Waals surface area contributed by atoms with Gasteiger partial charge in [-0.1, -0.05) is 11.8 Å². The predicted molar refractivity (Wildman–Crippen MR) is 101 cm³/mol. The summed E-state index contributed by atoms with van der Waals surface area (Å²) < 4.78 is 30.9. The lowest BCUT2D eigenvalue weighted by Gasteiger charge is -2.07. The van der Waals surface area contributed by atoms with E-state index in [-0.39, 0.29) is 17.4 Å². The molecule has 0 unspecified atom stereocenters. The van der Waals surface area contributed by atoms with Crippen LogP contribution in [0.1, 0.15) is 29.6 Å². The molecule has 3 aromatic rings. The molecule has 1 fully saturated rings. The zero-order valence-electron chi connectivity index (χ0n) is 14.4. The SMILES string of the molecule is Cc1ccc(-c2nc(CSc3nnc([C@@H]4CCS(=O)(=O)C4)n3C)cs2)o1. The Morgan fingerprint density at radius 3 is 2.92 bits per heavy atom. The molecule has 1 atom stereocenters. The van der Waals surface area contributed by atoms with Gasteiger partial charge in [-0.3, -0.25) is 0 Å². The van der Waals surface area contributed by atoms with Crippen molar-refractivity contribution in [3.63, 3.8) is 0 Å². The van der Waals surface area contributed by atoms with Crippen molar-refractivity contribution >= 4 is 32.9 Å². The van der Waals surface area contributed by atoms with Gasteiger partial charge in [-0.25, -0.2) is 13.4 Å². The maximum absolute atomic E-state index is 11.7. The van der Waals surface area contributed by atoms with E-state index in [0.717, 1.165) is 33.2 Å². The van der Waals surface area contributed by atoms with E-state index in [1.54, 1.807) is 23.1 Å². The normalized spacial score (nSPS) is 19.2. The van der Waals surface area contributed by atoms with Gasteiger partial charge < -0.3 is 8.98 Å². The summed E-state index contributed by atoms with van der Waals surface area (Å²) in [5, 5.41) is 12.1. The molecule has 0 aliphatic carbocycles. The fourth-order valence-electron chi connectivity index (χ4n) is 2.98. The molecule has 0 amide bonds. The highest BCUT2D eigenvalue weighted by Crippen LogP contribution is 2.31. The van der Waals surface area contributed by atoms with Gasteiger partial charge in [-0.05, 0) is 25.5 Å². The topological polar surface area (TPSA) is 90.9 Å². The first kappa shape index (κ1) is 17.7. The van der Waals surface area contributed by atoms with Crippen LogP contribution in [0.3, 0.4) is 0 Å². The molecule has 4 rings (SSSR count). The van der Waals surface area contributed by atoms with E-state index in [9.17, 15) is 8.42 Å². The van der Waals surface area contributed by atoms with Crippen molar-refractivity contribution in [2.45, 2.75) is 30.2 Å². The Hall–Kier alpha value is -1.65. The summed E-state index contributed by atoms with van der Waals surface area (Å²) in [7, 11) is -1.04. The van der Waals surface area contributed by atoms with Crippen molar-refractivity contribution in [2.24, 2.45) is 7.05 Å². The molecule has 10 heteroatoms. The van der Waals surface area contributed by atoms with E-state index in [2.05, 4.69) is 15.2 Å². The predicted octanol–water partition coefficient (Wildman–Crippen LogP) is 3.03. The smallest absolute Gasteiger partial charge is 0.191 e. The summed E-state index contributed by atoms with van der Waals surface area (Å²) in [5.74, 6) is 3.42. The van der Waals surface area contributed by atoms with Crippen molar-refractivity contribution in [2.75, 3.05) is 11.5 Å². The molecule has 0 spiro atoms. The third-order valence-electron chi connectivity index (χ3n) is 4.32. The van der Waals surface area contributed by atoms with Gasteiger partial charge in [-0.15, -0.1) is 21.5 Å². The van der Waals surface area contributed by atoms with Crippen molar-refractivity contribution in [3.8, 4) is 10.8 Å². The second-order valence-corrected chi connectivity index (χ2v) is 10.4. The molecule has 1 saturated heterocycles. The fourth-order valence-corrected chi connectivity index (χ4v) is 6.42. The molecule has 1 aliphatic heterocycles. The van der Waals surface area contributed by atoms with E-state index in [1.165, 1.54) is 0 Å². The van der Waals surface area contributed by atoms with E-state index >= 15 is 0 Å². The van der Waals surface area contributed by atoms with Gasteiger partial charge in [0.15, 0.2) is 25.8 Å². The highest BCUT2D eigenvalue weighted by molar-refractivity contribution is 7.98. The van der Waals surface area contributed by atoms with Crippen LogP contribution in [0.25, 0.3) is 10.8 Å². The summed E-state index contributed by atoms with van der Waals surface area (Å²) in [6.07, 6.45) is 0.622. The number of aromatic nitrogens is 4. The number of hydrogen-bond donors (Lipinski definition) is 0. The van der Waals surface area contributed by atoms with E-state index in [4.69, 9.17) is 4.42 Å². The Bertz CT molecular complexity index is 1040. The average molecular weight is 411 g/mol. The third-order valence-corrected chi connectivity index (χ3v) is 8.05. The van der Waals surface area contributed by atoms with Gasteiger partial charge in [0.25, 0.3) is 0 Å². The van der Waals surface area contributed by atoms with Crippen molar-refractivity contribution in [1.82, 2.24) is 19.7 Å². The summed E-state index contributed by atoms with van der Waals surface area (Å²) >= 11 is 3.10. The first-order valence-electron chi connectivity index (χ1n) is 8.15. The van der Waals surface area contributed by atoms with Crippen molar-refractivity contribution in [3.05, 3.63) is 34.8 Å². The highest BCUT2D eigenvalue weighted by Gasteiger charge is 2.32. The summed E-state index contributed by atoms with van der Waals surface area (Å²) in [6, 6.07) is 3.85. The van der Waals surface area contributed by atoms with E-state index < -0.39 is 9.84 Å². The molecule has 1 aliphatic rings. The van der Waals surface area contributed by atoms with Crippen LogP contribution in [0.2, 0.25) is 0 Å². The molecule has 26 heavy (non-hydrogen) atoms. The van der Waals surface area contributed by atoms with Crippen molar-refractivity contribution in [1.29, 1.82) is 0 Å². The molecule has 0 N–H and O–H groups in total. The van der Waals surface area contributed by atoms with Crippen LogP contribution in [0.4, 0.5) is 0 Å². The van der Waals surface area contributed by atoms with E-state index in [1.807, 2.05) is 36.1 Å². The number of thiazole rings is 1. The van der Waals surface area contributed by atoms with E-state index in [0.29, 0.717) is 12.2 Å². The molecule has 0 aromatic carbocycles. The Morgan fingerprint density at radius 1 is 1.38 bits per heavy atom. The lowest BCUT2D eigenvalue weighted by atomic mass is 10.1. The van der Waals surface area contributed by atoms with Crippen LogP contribution in [-0.2, 0) is 22.6 Å². The third kappa shape index (κ3) is 3.58. The molecule has 0 bridgehead atoms. The second-order valence-electron chi connectivity index (χ2n) is 6.34. The Kier molecular flexibility index (Phi) is 4.66. The minimum atomic E-state index is -2.93. The molecule has 4 heterocycles. The first-order valence-corrected chi connectivity index (χ1v) is 11.8. The first-order chi connectivity index (χ1) is 12.4. The maximum atomic E-state index is 11.7. The minimum Gasteiger partial charge on any atom is -0.459 e. The van der Waals surface area contributed by atoms with Gasteiger partial charge in [-0.2, -0.15) is 0 Å². The van der Waals surface area contributed by atoms with Gasteiger partial charge in [0.1, 0.15) is 11.6 Å². The molecule has 0 saturated carbocycles. The van der Waals surface area contributed by atoms with Crippen LogP contribution in [0.15, 0.2) is 27.1 Å². The van der Waals surface area contributed by atoms with Crippen LogP contribution in [0, 0.1) is 6.92 Å². The zero-order valence-corrected chi connectivity index (χ0v) is 16.8. The number of thioether (sulfide) groups is 1. The van der Waals surface area contributed by atoms with Gasteiger partial charge >= 0.3 is 0 Å². The molecular weight excluding hydrogens is 392 g/mol. The van der Waals surface area contributed by atoms with Crippen molar-refractivity contribution < 1.29 is 12.8 Å². The monoisotopic (exact) mass is 410 g/mol. The largest absolute Gasteiger partial charge is 0.459 e. The van der Waals surface area contributed by atoms with Gasteiger partial charge in [0.2, 0.25) is 0 Å². The quantitative estimate of drug-likeness (QED) is 0.597. The van der Waals surface area contributed by atoms with Crippen LogP contribution in [-0.4, -0.2) is 39.7 Å². The Labute approximate surface area is 159 Å². The van der Waals surface area contributed by atoms with Gasteiger partial charge in [0, 0.05) is 24.1 Å². The summed E-state index contributed by atoms with van der Waals surface area (Å²) in [5.41, 5.74) is 0.956. The lowest BCUT2D eigenvalue weighted by molar-refractivity contribution is 0.548. The molecular formula is C16H18N4O3S3. The molecule has 3 aromatic heterocycles. The number of nitrogens with zero attached hydrogens (tertiary/aromatic N) is 4. The summed E-state index contributed by atoms with van der Waals surface area (Å²) in [4.78, 5) is 4.61. The maximum Gasteiger partial charge on any atom is 0.191 e. The molecule has 0 radical (unpaired) electrons. The molecule has 7 nitrogen and oxygen atoms in total. The second kappa shape index (κ2) is 6.82. The number of hydrogen-bond acceptors (Lipinski definition) is 8. The fraction of sp³-hybridized carbons (Fsp3) is 0.438. The van der Waals surface area contributed by atoms with Crippen LogP contribution < -0.4 is 0 Å². The standard InChI is InChI=1S/C16H18N4O3S3/c1-10-3-4-13(23-10)15-17-12(7-24-15)8-25-16-19-18-14(20(16)2)11-5-6-26(21,22)9-11/h3-4,7,11H,5-6,8-9H2,1-2H3/t11-/m1/s1. The minimum absolute atomic E-state index is 0.0556. The number of furan rings is 1. The summed E-state index contributed by atoms with van der Waals surface area (Å²) in [6.45, 7) is 1.91. The molecule has 138 valence electrons. The van der Waals surface area contributed by atoms with Crippen LogP contribution in [0.5, 0.6) is 0 Å². The van der Waals surface area contributed by atoms with Crippen LogP contribution >= 0.6 is 23.1 Å². The number of rotatable bonds is 5. The lowest BCUT2D eigenvalue weighted by Crippen LogP contribution is -2.09. The zero-order chi connectivity index (χ0) is 18.3. The average Bonchev–Trinajstić information content (AvgIpc) is 3.34. The number of sulfone groups is 1. The van der Waals surface area contributed by atoms with Gasteiger partial charge in [0.05, 0.1) is 17.2 Å².